The van der Waals surface area contributed by atoms with E-state index in [4.69, 9.17) is 4.42 Å². The number of furan rings is 1. The van der Waals surface area contributed by atoms with Crippen LogP contribution in [0.5, 0.6) is 0 Å². The minimum Gasteiger partial charge on any atom is -0.468 e. The second-order valence-corrected chi connectivity index (χ2v) is 4.36. The SMILES string of the molecule is CNCc1ccoc1CN1CCCC1C. The van der Waals surface area contributed by atoms with Gasteiger partial charge in [0.2, 0.25) is 0 Å². The van der Waals surface area contributed by atoms with Gasteiger partial charge in [0.1, 0.15) is 5.76 Å². The molecule has 1 aromatic heterocycles. The van der Waals surface area contributed by atoms with E-state index in [9.17, 15) is 0 Å². The molecular weight excluding hydrogens is 188 g/mol. The van der Waals surface area contributed by atoms with Crippen molar-refractivity contribution in [1.82, 2.24) is 10.2 Å². The molecule has 0 amide bonds. The molecule has 1 N–H and O–H groups in total. The van der Waals surface area contributed by atoms with Gasteiger partial charge in [0.15, 0.2) is 0 Å². The molecule has 0 saturated carbocycles. The monoisotopic (exact) mass is 208 g/mol. The molecule has 0 bridgehead atoms. The molecule has 15 heavy (non-hydrogen) atoms. The van der Waals surface area contributed by atoms with Crippen LogP contribution in [0.3, 0.4) is 0 Å². The molecule has 3 heteroatoms. The zero-order valence-electron chi connectivity index (χ0n) is 9.62. The summed E-state index contributed by atoms with van der Waals surface area (Å²) < 4.78 is 5.55. The molecule has 0 aliphatic carbocycles. The molecule has 3 nitrogen and oxygen atoms in total. The molecule has 1 fully saturated rings. The topological polar surface area (TPSA) is 28.4 Å². The molecule has 0 radical (unpaired) electrons. The lowest BCUT2D eigenvalue weighted by atomic mass is 10.2. The van der Waals surface area contributed by atoms with Crippen molar-refractivity contribution in [2.75, 3.05) is 13.6 Å². The highest BCUT2D eigenvalue weighted by Gasteiger charge is 2.21. The van der Waals surface area contributed by atoms with Gasteiger partial charge < -0.3 is 9.73 Å². The summed E-state index contributed by atoms with van der Waals surface area (Å²) in [5.41, 5.74) is 1.29. The summed E-state index contributed by atoms with van der Waals surface area (Å²) in [5.74, 6) is 1.12. The summed E-state index contributed by atoms with van der Waals surface area (Å²) in [5, 5.41) is 3.17. The van der Waals surface area contributed by atoms with Crippen LogP contribution >= 0.6 is 0 Å². The lowest BCUT2D eigenvalue weighted by molar-refractivity contribution is 0.237. The van der Waals surface area contributed by atoms with Crippen LogP contribution in [0.1, 0.15) is 31.1 Å². The highest BCUT2D eigenvalue weighted by molar-refractivity contribution is 5.17. The second-order valence-electron chi connectivity index (χ2n) is 4.36. The Bertz CT molecular complexity index is 308. The Kier molecular flexibility index (Phi) is 3.44. The number of hydrogen-bond donors (Lipinski definition) is 1. The number of hydrogen-bond acceptors (Lipinski definition) is 3. The second kappa shape index (κ2) is 4.81. The van der Waals surface area contributed by atoms with Crippen LogP contribution in [0.25, 0.3) is 0 Å². The van der Waals surface area contributed by atoms with Crippen molar-refractivity contribution in [3.05, 3.63) is 23.7 Å². The van der Waals surface area contributed by atoms with Crippen LogP contribution in [0, 0.1) is 0 Å². The average molecular weight is 208 g/mol. The van der Waals surface area contributed by atoms with Crippen LogP contribution in [0.4, 0.5) is 0 Å². The van der Waals surface area contributed by atoms with E-state index in [0.29, 0.717) is 6.04 Å². The first kappa shape index (κ1) is 10.7. The Morgan fingerprint density at radius 1 is 1.60 bits per heavy atom. The van der Waals surface area contributed by atoms with Crippen LogP contribution in [-0.2, 0) is 13.1 Å². The normalized spacial score (nSPS) is 22.4. The maximum Gasteiger partial charge on any atom is 0.122 e. The molecule has 1 unspecified atom stereocenters. The van der Waals surface area contributed by atoms with Crippen molar-refractivity contribution in [3.8, 4) is 0 Å². The van der Waals surface area contributed by atoms with Crippen molar-refractivity contribution >= 4 is 0 Å². The van der Waals surface area contributed by atoms with Crippen molar-refractivity contribution in [2.24, 2.45) is 0 Å². The van der Waals surface area contributed by atoms with Crippen LogP contribution in [0.15, 0.2) is 16.7 Å². The zero-order chi connectivity index (χ0) is 10.7. The molecule has 2 rings (SSSR count). The van der Waals surface area contributed by atoms with Gasteiger partial charge >= 0.3 is 0 Å². The standard InChI is InChI=1S/C12H20N2O/c1-10-4-3-6-14(10)9-12-11(8-13-2)5-7-15-12/h5,7,10,13H,3-4,6,8-9H2,1-2H3. The first-order valence-corrected chi connectivity index (χ1v) is 5.75. The summed E-state index contributed by atoms with van der Waals surface area (Å²) >= 11 is 0. The van der Waals surface area contributed by atoms with E-state index in [-0.39, 0.29) is 0 Å². The fourth-order valence-electron chi connectivity index (χ4n) is 2.27. The number of nitrogens with one attached hydrogen (secondary N) is 1. The van der Waals surface area contributed by atoms with Gasteiger partial charge in [-0.3, -0.25) is 4.90 Å². The van der Waals surface area contributed by atoms with Gasteiger partial charge in [0.05, 0.1) is 12.8 Å². The van der Waals surface area contributed by atoms with Crippen LogP contribution in [0.2, 0.25) is 0 Å². The van der Waals surface area contributed by atoms with E-state index >= 15 is 0 Å². The smallest absolute Gasteiger partial charge is 0.122 e. The largest absolute Gasteiger partial charge is 0.468 e. The molecule has 0 aromatic carbocycles. The maximum absolute atomic E-state index is 5.55. The summed E-state index contributed by atoms with van der Waals surface area (Å²) in [6.45, 7) is 5.37. The minimum atomic E-state index is 0.706. The van der Waals surface area contributed by atoms with E-state index in [1.54, 1.807) is 6.26 Å². The zero-order valence-corrected chi connectivity index (χ0v) is 9.62. The lowest BCUT2D eigenvalue weighted by Gasteiger charge is -2.20. The van der Waals surface area contributed by atoms with E-state index in [1.165, 1.54) is 24.9 Å². The molecule has 0 spiro atoms. The fourth-order valence-corrected chi connectivity index (χ4v) is 2.27. The Balaban J connectivity index is 2.00. The fraction of sp³-hybridized carbons (Fsp3) is 0.667. The number of likely N-dealkylation sites (tertiary alicyclic amines) is 1. The van der Waals surface area contributed by atoms with Gasteiger partial charge in [0.25, 0.3) is 0 Å². The molecule has 1 atom stereocenters. The third-order valence-electron chi connectivity index (χ3n) is 3.24. The van der Waals surface area contributed by atoms with Gasteiger partial charge in [-0.05, 0) is 39.4 Å². The van der Waals surface area contributed by atoms with Gasteiger partial charge in [-0.2, -0.15) is 0 Å². The van der Waals surface area contributed by atoms with Crippen molar-refractivity contribution < 1.29 is 4.42 Å². The summed E-state index contributed by atoms with van der Waals surface area (Å²) in [6.07, 6.45) is 4.44. The maximum atomic E-state index is 5.55. The van der Waals surface area contributed by atoms with Gasteiger partial charge in [-0.25, -0.2) is 0 Å². The van der Waals surface area contributed by atoms with Gasteiger partial charge in [-0.1, -0.05) is 0 Å². The van der Waals surface area contributed by atoms with E-state index in [2.05, 4.69) is 23.2 Å². The predicted octanol–water partition coefficient (Wildman–Crippen LogP) is 1.98. The Morgan fingerprint density at radius 2 is 2.47 bits per heavy atom. The minimum absolute atomic E-state index is 0.706. The third-order valence-corrected chi connectivity index (χ3v) is 3.24. The lowest BCUT2D eigenvalue weighted by Crippen LogP contribution is -2.26. The van der Waals surface area contributed by atoms with E-state index < -0.39 is 0 Å². The first-order valence-electron chi connectivity index (χ1n) is 5.75. The number of rotatable bonds is 4. The highest BCUT2D eigenvalue weighted by Crippen LogP contribution is 2.21. The molecule has 1 saturated heterocycles. The van der Waals surface area contributed by atoms with Crippen molar-refractivity contribution in [3.63, 3.8) is 0 Å². The highest BCUT2D eigenvalue weighted by atomic mass is 16.3. The molecular formula is C12H20N2O. The number of nitrogens with zero attached hydrogens (tertiary/aromatic N) is 1. The van der Waals surface area contributed by atoms with Crippen molar-refractivity contribution in [1.29, 1.82) is 0 Å². The third kappa shape index (κ3) is 2.41. The van der Waals surface area contributed by atoms with Crippen LogP contribution < -0.4 is 5.32 Å². The molecule has 1 aliphatic heterocycles. The Hall–Kier alpha value is -0.800. The summed E-state index contributed by atoms with van der Waals surface area (Å²) in [7, 11) is 1.97. The van der Waals surface area contributed by atoms with Gasteiger partial charge in [-0.15, -0.1) is 0 Å². The van der Waals surface area contributed by atoms with E-state index in [0.717, 1.165) is 18.8 Å². The predicted molar refractivity (Wildman–Crippen MR) is 60.6 cm³/mol. The Labute approximate surface area is 91.4 Å². The Morgan fingerprint density at radius 3 is 3.13 bits per heavy atom. The molecule has 1 aliphatic rings. The van der Waals surface area contributed by atoms with E-state index in [1.807, 2.05) is 7.05 Å². The molecule has 2 heterocycles. The molecule has 84 valence electrons. The summed E-state index contributed by atoms with van der Waals surface area (Å²) in [4.78, 5) is 2.50. The van der Waals surface area contributed by atoms with Gasteiger partial charge in [0, 0.05) is 18.2 Å². The summed E-state index contributed by atoms with van der Waals surface area (Å²) in [6, 6.07) is 2.77. The quantitative estimate of drug-likeness (QED) is 0.820. The van der Waals surface area contributed by atoms with Crippen molar-refractivity contribution in [2.45, 2.75) is 38.9 Å². The first-order chi connectivity index (χ1) is 7.31. The average Bonchev–Trinajstić information content (AvgIpc) is 2.80. The van der Waals surface area contributed by atoms with Crippen LogP contribution in [-0.4, -0.2) is 24.5 Å². The molecule has 1 aromatic rings.